The Morgan fingerprint density at radius 2 is 1.79 bits per heavy atom. The molecule has 0 saturated carbocycles. The third kappa shape index (κ3) is 5.41. The van der Waals surface area contributed by atoms with Crippen LogP contribution in [0.4, 0.5) is 17.6 Å². The van der Waals surface area contributed by atoms with Crippen LogP contribution >= 0.6 is 11.8 Å². The number of thioether (sulfide) groups is 1. The summed E-state index contributed by atoms with van der Waals surface area (Å²) in [6, 6.07) is 16.2. The van der Waals surface area contributed by atoms with Crippen LogP contribution in [-0.2, 0) is 23.2 Å². The summed E-state index contributed by atoms with van der Waals surface area (Å²) in [4.78, 5) is 16.8. The Bertz CT molecular complexity index is 1320. The summed E-state index contributed by atoms with van der Waals surface area (Å²) in [5, 5.41) is 0.597. The molecule has 0 amide bonds. The summed E-state index contributed by atoms with van der Waals surface area (Å²) in [6.07, 6.45) is -4.39. The topological polar surface area (TPSA) is 44.1 Å². The van der Waals surface area contributed by atoms with Gasteiger partial charge in [-0.25, -0.2) is 14.2 Å². The number of benzene rings is 3. The maximum absolute atomic E-state index is 13.7. The van der Waals surface area contributed by atoms with Gasteiger partial charge < -0.3 is 9.30 Å². The fraction of sp³-hybridized carbons (Fsp3) is 0.200. The van der Waals surface area contributed by atoms with Crippen molar-refractivity contribution in [1.29, 1.82) is 0 Å². The molecule has 9 heteroatoms. The number of esters is 1. The molecule has 0 unspecified atom stereocenters. The molecule has 0 aliphatic heterocycles. The van der Waals surface area contributed by atoms with E-state index in [1.165, 1.54) is 36.0 Å². The minimum atomic E-state index is -4.39. The monoisotopic (exact) mass is 488 g/mol. The van der Waals surface area contributed by atoms with Crippen molar-refractivity contribution in [2.24, 2.45) is 0 Å². The molecule has 0 N–H and O–H groups in total. The quantitative estimate of drug-likeness (QED) is 0.165. The van der Waals surface area contributed by atoms with Crippen LogP contribution in [0.1, 0.15) is 34.0 Å². The van der Waals surface area contributed by atoms with Gasteiger partial charge in [-0.3, -0.25) is 0 Å². The minimum absolute atomic E-state index is 0.249. The molecule has 34 heavy (non-hydrogen) atoms. The molecule has 4 rings (SSSR count). The van der Waals surface area contributed by atoms with Gasteiger partial charge in [0.2, 0.25) is 0 Å². The highest BCUT2D eigenvalue weighted by Crippen LogP contribution is 2.32. The molecule has 4 aromatic rings. The zero-order valence-corrected chi connectivity index (χ0v) is 18.9. The molecule has 0 radical (unpaired) electrons. The summed E-state index contributed by atoms with van der Waals surface area (Å²) in [6.45, 7) is 2.31. The number of hydrogen-bond acceptors (Lipinski definition) is 4. The number of carbonyl (C=O) groups excluding carboxylic acids is 1. The highest BCUT2D eigenvalue weighted by atomic mass is 32.2. The van der Waals surface area contributed by atoms with Gasteiger partial charge in [-0.15, -0.1) is 0 Å². The molecule has 1 aromatic heterocycles. The van der Waals surface area contributed by atoms with E-state index in [-0.39, 0.29) is 12.4 Å². The highest BCUT2D eigenvalue weighted by molar-refractivity contribution is 7.98. The Morgan fingerprint density at radius 3 is 2.47 bits per heavy atom. The van der Waals surface area contributed by atoms with E-state index >= 15 is 0 Å². The first kappa shape index (κ1) is 23.8. The largest absolute Gasteiger partial charge is 0.462 e. The average molecular weight is 489 g/mol. The van der Waals surface area contributed by atoms with Crippen molar-refractivity contribution >= 4 is 28.8 Å². The molecular weight excluding hydrogens is 468 g/mol. The summed E-state index contributed by atoms with van der Waals surface area (Å²) in [7, 11) is 0. The number of nitrogens with zero attached hydrogens (tertiary/aromatic N) is 2. The van der Waals surface area contributed by atoms with Gasteiger partial charge in [-0.1, -0.05) is 36.0 Å². The Balaban J connectivity index is 1.66. The van der Waals surface area contributed by atoms with Gasteiger partial charge in [0, 0.05) is 5.75 Å². The zero-order valence-electron chi connectivity index (χ0n) is 18.1. The number of rotatable bonds is 7. The van der Waals surface area contributed by atoms with Crippen LogP contribution in [0, 0.1) is 5.82 Å². The van der Waals surface area contributed by atoms with Crippen molar-refractivity contribution in [2.75, 3.05) is 6.61 Å². The highest BCUT2D eigenvalue weighted by Gasteiger charge is 2.29. The maximum Gasteiger partial charge on any atom is 0.416 e. The molecular formula is C25H20F4N2O2S. The van der Waals surface area contributed by atoms with Crippen LogP contribution in [0.3, 0.4) is 0 Å². The third-order valence-electron chi connectivity index (χ3n) is 5.10. The van der Waals surface area contributed by atoms with Gasteiger partial charge in [-0.2, -0.15) is 13.2 Å². The van der Waals surface area contributed by atoms with Crippen molar-refractivity contribution in [3.63, 3.8) is 0 Å². The average Bonchev–Trinajstić information content (AvgIpc) is 3.14. The van der Waals surface area contributed by atoms with Crippen LogP contribution in [-0.4, -0.2) is 22.1 Å². The summed E-state index contributed by atoms with van der Waals surface area (Å²) < 4.78 is 59.2. The van der Waals surface area contributed by atoms with E-state index in [1.54, 1.807) is 37.3 Å². The molecule has 176 valence electrons. The van der Waals surface area contributed by atoms with Gasteiger partial charge in [0.05, 0.1) is 35.3 Å². The molecule has 0 aliphatic rings. The second-order valence-corrected chi connectivity index (χ2v) is 8.46. The fourth-order valence-corrected chi connectivity index (χ4v) is 4.44. The Hall–Kier alpha value is -3.33. The number of imidazole rings is 1. The predicted octanol–water partition coefficient (Wildman–Crippen LogP) is 6.71. The summed E-state index contributed by atoms with van der Waals surface area (Å²) in [5.41, 5.74) is 2.40. The van der Waals surface area contributed by atoms with E-state index in [2.05, 4.69) is 4.98 Å². The third-order valence-corrected chi connectivity index (χ3v) is 6.15. The SMILES string of the molecule is CCOC(=O)c1ccc2c(c1)nc(SCc1ccc(C(F)(F)F)cc1)n2Cc1cccc(F)c1. The Kier molecular flexibility index (Phi) is 6.92. The Labute approximate surface area is 197 Å². The van der Waals surface area contributed by atoms with Gasteiger partial charge in [0.25, 0.3) is 0 Å². The first-order valence-corrected chi connectivity index (χ1v) is 11.4. The number of alkyl halides is 3. The van der Waals surface area contributed by atoms with E-state index < -0.39 is 17.7 Å². The minimum Gasteiger partial charge on any atom is -0.462 e. The number of carbonyl (C=O) groups is 1. The first-order valence-electron chi connectivity index (χ1n) is 10.5. The lowest BCUT2D eigenvalue weighted by Crippen LogP contribution is -2.05. The summed E-state index contributed by atoms with van der Waals surface area (Å²) in [5.74, 6) is -0.427. The molecule has 0 aliphatic carbocycles. The van der Waals surface area contributed by atoms with Gasteiger partial charge in [0.15, 0.2) is 5.16 Å². The lowest BCUT2D eigenvalue weighted by Gasteiger charge is -2.10. The van der Waals surface area contributed by atoms with E-state index in [0.717, 1.165) is 23.2 Å². The number of fused-ring (bicyclic) bond motifs is 1. The van der Waals surface area contributed by atoms with Gasteiger partial charge in [0.1, 0.15) is 5.82 Å². The van der Waals surface area contributed by atoms with Crippen molar-refractivity contribution in [1.82, 2.24) is 9.55 Å². The van der Waals surface area contributed by atoms with Crippen molar-refractivity contribution in [3.8, 4) is 0 Å². The molecule has 0 fully saturated rings. The maximum atomic E-state index is 13.7. The molecule has 0 saturated heterocycles. The normalized spacial score (nSPS) is 11.7. The first-order chi connectivity index (χ1) is 16.2. The van der Waals surface area contributed by atoms with Crippen LogP contribution < -0.4 is 0 Å². The molecule has 3 aromatic carbocycles. The molecule has 0 spiro atoms. The lowest BCUT2D eigenvalue weighted by atomic mass is 10.1. The van der Waals surface area contributed by atoms with Gasteiger partial charge in [-0.05, 0) is 60.5 Å². The number of halogens is 4. The van der Waals surface area contributed by atoms with Crippen LogP contribution in [0.15, 0.2) is 71.9 Å². The number of hydrogen-bond donors (Lipinski definition) is 0. The molecule has 0 atom stereocenters. The fourth-order valence-electron chi connectivity index (χ4n) is 3.47. The zero-order chi connectivity index (χ0) is 24.3. The standard InChI is InChI=1S/C25H20F4N2O2S/c1-2-33-23(32)18-8-11-22-21(13-18)30-24(31(22)14-17-4-3-5-20(26)12-17)34-15-16-6-9-19(10-7-16)25(27,28)29/h3-13H,2,14-15H2,1H3. The van der Waals surface area contributed by atoms with Crippen LogP contribution in [0.25, 0.3) is 11.0 Å². The van der Waals surface area contributed by atoms with Crippen molar-refractivity contribution in [3.05, 3.63) is 94.8 Å². The van der Waals surface area contributed by atoms with E-state index in [1.807, 2.05) is 4.57 Å². The molecule has 4 nitrogen and oxygen atoms in total. The number of ether oxygens (including phenoxy) is 1. The van der Waals surface area contributed by atoms with Crippen LogP contribution in [0.2, 0.25) is 0 Å². The van der Waals surface area contributed by atoms with Crippen LogP contribution in [0.5, 0.6) is 0 Å². The smallest absolute Gasteiger partial charge is 0.416 e. The van der Waals surface area contributed by atoms with Crippen molar-refractivity contribution < 1.29 is 27.1 Å². The predicted molar refractivity (Wildman–Crippen MR) is 122 cm³/mol. The Morgan fingerprint density at radius 1 is 1.03 bits per heavy atom. The lowest BCUT2D eigenvalue weighted by molar-refractivity contribution is -0.137. The van der Waals surface area contributed by atoms with Gasteiger partial charge >= 0.3 is 12.1 Å². The van der Waals surface area contributed by atoms with E-state index in [4.69, 9.17) is 4.74 Å². The summed E-state index contributed by atoms with van der Waals surface area (Å²) >= 11 is 1.35. The number of aromatic nitrogens is 2. The van der Waals surface area contributed by atoms with E-state index in [9.17, 15) is 22.4 Å². The molecule has 1 heterocycles. The van der Waals surface area contributed by atoms with Crippen molar-refractivity contribution in [2.45, 2.75) is 30.6 Å². The second kappa shape index (κ2) is 9.89. The molecule has 0 bridgehead atoms. The van der Waals surface area contributed by atoms with E-state index in [0.29, 0.717) is 34.1 Å². The second-order valence-electron chi connectivity index (χ2n) is 7.52.